The Labute approximate surface area is 112 Å². The highest BCUT2D eigenvalue weighted by Crippen LogP contribution is 2.31. The molecule has 1 aromatic rings. The second-order valence-electron chi connectivity index (χ2n) is 4.46. The minimum absolute atomic E-state index is 0.0247. The van der Waals surface area contributed by atoms with Crippen molar-refractivity contribution in [3.8, 4) is 0 Å². The Hall–Kier alpha value is -1.00. The van der Waals surface area contributed by atoms with E-state index in [0.717, 1.165) is 22.6 Å². The molecule has 4 heteroatoms. The smallest absolute Gasteiger partial charge is 0.221 e. The number of carbonyl (C=O) groups is 1. The predicted octanol–water partition coefficient (Wildman–Crippen LogP) is 1.90. The van der Waals surface area contributed by atoms with Crippen LogP contribution in [0.3, 0.4) is 0 Å². The van der Waals surface area contributed by atoms with E-state index in [1.165, 1.54) is 0 Å². The van der Waals surface area contributed by atoms with E-state index in [1.54, 1.807) is 11.8 Å². The number of amides is 1. The number of benzene rings is 1. The Morgan fingerprint density at radius 3 is 3.06 bits per heavy atom. The van der Waals surface area contributed by atoms with Gasteiger partial charge in [0.1, 0.15) is 0 Å². The number of carbonyl (C=O) groups excluding carboxylic acids is 1. The fourth-order valence-electron chi connectivity index (χ4n) is 2.30. The van der Waals surface area contributed by atoms with Crippen LogP contribution in [0.15, 0.2) is 24.3 Å². The van der Waals surface area contributed by atoms with Gasteiger partial charge < -0.3 is 10.4 Å². The maximum atomic E-state index is 11.8. The molecule has 2 rings (SSSR count). The first-order valence-electron chi connectivity index (χ1n) is 6.35. The Kier molecular flexibility index (Phi) is 4.66. The highest BCUT2D eigenvalue weighted by molar-refractivity contribution is 7.99. The number of thioether (sulfide) groups is 1. The summed E-state index contributed by atoms with van der Waals surface area (Å²) in [5, 5.41) is 13.0. The largest absolute Gasteiger partial charge is 0.390 e. The molecule has 1 aliphatic carbocycles. The maximum Gasteiger partial charge on any atom is 0.221 e. The topological polar surface area (TPSA) is 49.3 Å². The molecular weight excluding hydrogens is 246 g/mol. The first kappa shape index (κ1) is 13.4. The zero-order valence-electron chi connectivity index (χ0n) is 10.6. The Morgan fingerprint density at radius 2 is 2.28 bits per heavy atom. The van der Waals surface area contributed by atoms with Crippen molar-refractivity contribution in [1.82, 2.24) is 5.32 Å². The zero-order chi connectivity index (χ0) is 13.0. The zero-order valence-corrected chi connectivity index (χ0v) is 11.4. The average Bonchev–Trinajstić information content (AvgIpc) is 2.67. The molecule has 1 amide bonds. The molecular formula is C14H19NO2S. The SMILES string of the molecule is CCSCCC(=O)NC1c2ccccc2CC1O. The molecule has 98 valence electrons. The van der Waals surface area contributed by atoms with Crippen molar-refractivity contribution >= 4 is 17.7 Å². The Balaban J connectivity index is 1.95. The summed E-state index contributed by atoms with van der Waals surface area (Å²) in [6, 6.07) is 7.67. The first-order valence-corrected chi connectivity index (χ1v) is 7.50. The van der Waals surface area contributed by atoms with E-state index in [4.69, 9.17) is 0 Å². The second-order valence-corrected chi connectivity index (χ2v) is 5.86. The quantitative estimate of drug-likeness (QED) is 0.800. The molecule has 2 N–H and O–H groups in total. The lowest BCUT2D eigenvalue weighted by Crippen LogP contribution is -2.34. The van der Waals surface area contributed by atoms with Crippen molar-refractivity contribution in [1.29, 1.82) is 0 Å². The van der Waals surface area contributed by atoms with E-state index in [1.807, 2.05) is 24.3 Å². The van der Waals surface area contributed by atoms with Gasteiger partial charge in [-0.1, -0.05) is 31.2 Å². The van der Waals surface area contributed by atoms with Crippen LogP contribution in [-0.4, -0.2) is 28.6 Å². The van der Waals surface area contributed by atoms with Crippen LogP contribution in [0.4, 0.5) is 0 Å². The van der Waals surface area contributed by atoms with E-state index < -0.39 is 6.10 Å². The monoisotopic (exact) mass is 265 g/mol. The van der Waals surface area contributed by atoms with Crippen LogP contribution in [0.1, 0.15) is 30.5 Å². The fourth-order valence-corrected chi connectivity index (χ4v) is 2.92. The third kappa shape index (κ3) is 3.06. The Morgan fingerprint density at radius 1 is 1.50 bits per heavy atom. The van der Waals surface area contributed by atoms with Gasteiger partial charge in [0.15, 0.2) is 0 Å². The molecule has 18 heavy (non-hydrogen) atoms. The van der Waals surface area contributed by atoms with Gasteiger partial charge in [-0.2, -0.15) is 11.8 Å². The van der Waals surface area contributed by atoms with Crippen LogP contribution in [0, 0.1) is 0 Å². The lowest BCUT2D eigenvalue weighted by molar-refractivity contribution is -0.122. The number of hydrogen-bond acceptors (Lipinski definition) is 3. The molecule has 0 bridgehead atoms. The molecule has 1 aromatic carbocycles. The van der Waals surface area contributed by atoms with Gasteiger partial charge >= 0.3 is 0 Å². The highest BCUT2D eigenvalue weighted by Gasteiger charge is 2.31. The van der Waals surface area contributed by atoms with E-state index in [0.29, 0.717) is 12.8 Å². The summed E-state index contributed by atoms with van der Waals surface area (Å²) in [6.45, 7) is 2.08. The maximum absolute atomic E-state index is 11.8. The molecule has 0 saturated heterocycles. The fraction of sp³-hybridized carbons (Fsp3) is 0.500. The molecule has 0 radical (unpaired) electrons. The molecule has 0 heterocycles. The van der Waals surface area contributed by atoms with Gasteiger partial charge in [0.05, 0.1) is 12.1 Å². The van der Waals surface area contributed by atoms with Crippen LogP contribution in [0.25, 0.3) is 0 Å². The Bertz CT molecular complexity index is 422. The number of aliphatic hydroxyl groups excluding tert-OH is 1. The van der Waals surface area contributed by atoms with E-state index in [9.17, 15) is 9.90 Å². The highest BCUT2D eigenvalue weighted by atomic mass is 32.2. The van der Waals surface area contributed by atoms with Crippen molar-refractivity contribution in [2.75, 3.05) is 11.5 Å². The van der Waals surface area contributed by atoms with Crippen LogP contribution in [0.2, 0.25) is 0 Å². The van der Waals surface area contributed by atoms with E-state index >= 15 is 0 Å². The summed E-state index contributed by atoms with van der Waals surface area (Å²) in [5.74, 6) is 1.89. The van der Waals surface area contributed by atoms with Crippen LogP contribution in [0.5, 0.6) is 0 Å². The van der Waals surface area contributed by atoms with Crippen LogP contribution in [-0.2, 0) is 11.2 Å². The van der Waals surface area contributed by atoms with Gasteiger partial charge in [0, 0.05) is 18.6 Å². The molecule has 1 aliphatic rings. The van der Waals surface area contributed by atoms with Gasteiger partial charge in [-0.15, -0.1) is 0 Å². The van der Waals surface area contributed by atoms with Crippen molar-refractivity contribution in [2.24, 2.45) is 0 Å². The standard InChI is InChI=1S/C14H19NO2S/c1-2-18-8-7-13(17)15-14-11-6-4-3-5-10(11)9-12(14)16/h3-6,12,14,16H,2,7-9H2,1H3,(H,15,17). The van der Waals surface area contributed by atoms with Gasteiger partial charge in [-0.3, -0.25) is 4.79 Å². The molecule has 0 spiro atoms. The number of fused-ring (bicyclic) bond motifs is 1. The molecule has 2 atom stereocenters. The molecule has 2 unspecified atom stereocenters. The number of hydrogen-bond donors (Lipinski definition) is 2. The third-order valence-electron chi connectivity index (χ3n) is 3.20. The van der Waals surface area contributed by atoms with E-state index in [2.05, 4.69) is 12.2 Å². The number of nitrogens with one attached hydrogen (secondary N) is 1. The molecule has 0 aliphatic heterocycles. The summed E-state index contributed by atoms with van der Waals surface area (Å²) < 4.78 is 0. The van der Waals surface area contributed by atoms with Gasteiger partial charge in [0.2, 0.25) is 5.91 Å². The van der Waals surface area contributed by atoms with Gasteiger partial charge in [-0.05, 0) is 16.9 Å². The summed E-state index contributed by atoms with van der Waals surface area (Å²) in [7, 11) is 0. The number of aliphatic hydroxyl groups is 1. The summed E-state index contributed by atoms with van der Waals surface area (Å²) in [6.07, 6.45) is 0.652. The predicted molar refractivity (Wildman–Crippen MR) is 74.7 cm³/mol. The van der Waals surface area contributed by atoms with Crippen molar-refractivity contribution < 1.29 is 9.90 Å². The van der Waals surface area contributed by atoms with Gasteiger partial charge in [0.25, 0.3) is 0 Å². The summed E-state index contributed by atoms with van der Waals surface area (Å²) in [4.78, 5) is 11.8. The lowest BCUT2D eigenvalue weighted by atomic mass is 10.1. The normalized spacial score (nSPS) is 21.7. The third-order valence-corrected chi connectivity index (χ3v) is 4.10. The molecule has 0 saturated carbocycles. The molecule has 0 aromatic heterocycles. The van der Waals surface area contributed by atoms with E-state index in [-0.39, 0.29) is 11.9 Å². The first-order chi connectivity index (χ1) is 8.72. The van der Waals surface area contributed by atoms with Crippen molar-refractivity contribution in [3.05, 3.63) is 35.4 Å². The van der Waals surface area contributed by atoms with Crippen LogP contribution >= 0.6 is 11.8 Å². The second kappa shape index (κ2) is 6.25. The minimum Gasteiger partial charge on any atom is -0.390 e. The van der Waals surface area contributed by atoms with Crippen molar-refractivity contribution in [3.63, 3.8) is 0 Å². The molecule has 0 fully saturated rings. The minimum atomic E-state index is -0.495. The molecule has 3 nitrogen and oxygen atoms in total. The van der Waals surface area contributed by atoms with Crippen molar-refractivity contribution in [2.45, 2.75) is 31.9 Å². The van der Waals surface area contributed by atoms with Crippen LogP contribution < -0.4 is 5.32 Å². The number of rotatable bonds is 5. The average molecular weight is 265 g/mol. The lowest BCUT2D eigenvalue weighted by Gasteiger charge is -2.17. The van der Waals surface area contributed by atoms with Gasteiger partial charge in [-0.25, -0.2) is 0 Å². The summed E-state index contributed by atoms with van der Waals surface area (Å²) >= 11 is 1.76. The summed E-state index contributed by atoms with van der Waals surface area (Å²) in [5.41, 5.74) is 2.19.